The van der Waals surface area contributed by atoms with Crippen molar-refractivity contribution in [2.24, 2.45) is 5.10 Å². The molecule has 0 aliphatic carbocycles. The second-order valence-corrected chi connectivity index (χ2v) is 7.43. The number of aryl methyl sites for hydroxylation is 1. The molecule has 0 radical (unpaired) electrons. The van der Waals surface area contributed by atoms with Crippen LogP contribution in [0.3, 0.4) is 0 Å². The lowest BCUT2D eigenvalue weighted by atomic mass is 10.2. The van der Waals surface area contributed by atoms with Crippen molar-refractivity contribution in [1.29, 1.82) is 0 Å². The van der Waals surface area contributed by atoms with Gasteiger partial charge in [0.1, 0.15) is 5.75 Å². The SMILES string of the molecule is CC(=NNC(=O)COc1ccc(Cl)cc1C)c1ccc(Br)s1. The van der Waals surface area contributed by atoms with Crippen molar-refractivity contribution >= 4 is 50.5 Å². The van der Waals surface area contributed by atoms with Crippen LogP contribution in [0, 0.1) is 6.92 Å². The van der Waals surface area contributed by atoms with Crippen molar-refractivity contribution in [2.45, 2.75) is 13.8 Å². The first kappa shape index (κ1) is 17.0. The van der Waals surface area contributed by atoms with Crippen LogP contribution in [0.15, 0.2) is 39.2 Å². The lowest BCUT2D eigenvalue weighted by Crippen LogP contribution is -2.25. The number of carbonyl (C=O) groups is 1. The summed E-state index contributed by atoms with van der Waals surface area (Å²) in [7, 11) is 0. The molecular weight excluding hydrogens is 388 g/mol. The lowest BCUT2D eigenvalue weighted by molar-refractivity contribution is -0.123. The van der Waals surface area contributed by atoms with Crippen molar-refractivity contribution < 1.29 is 9.53 Å². The Morgan fingerprint density at radius 3 is 2.82 bits per heavy atom. The van der Waals surface area contributed by atoms with E-state index in [9.17, 15) is 4.79 Å². The first-order valence-corrected chi connectivity index (χ1v) is 8.42. The molecule has 2 rings (SSSR count). The highest BCUT2D eigenvalue weighted by Crippen LogP contribution is 2.23. The molecule has 0 aliphatic heterocycles. The summed E-state index contributed by atoms with van der Waals surface area (Å²) in [5.41, 5.74) is 4.10. The van der Waals surface area contributed by atoms with E-state index in [4.69, 9.17) is 16.3 Å². The molecule has 116 valence electrons. The van der Waals surface area contributed by atoms with E-state index in [0.29, 0.717) is 10.8 Å². The summed E-state index contributed by atoms with van der Waals surface area (Å²) in [5, 5.41) is 4.70. The van der Waals surface area contributed by atoms with Crippen LogP contribution in [0.1, 0.15) is 17.4 Å². The van der Waals surface area contributed by atoms with Gasteiger partial charge < -0.3 is 4.74 Å². The fourth-order valence-electron chi connectivity index (χ4n) is 1.66. The molecule has 0 bridgehead atoms. The van der Waals surface area contributed by atoms with Gasteiger partial charge in [-0.15, -0.1) is 11.3 Å². The van der Waals surface area contributed by atoms with E-state index in [1.54, 1.807) is 29.5 Å². The normalized spacial score (nSPS) is 11.4. The number of hydrogen-bond donors (Lipinski definition) is 1. The lowest BCUT2D eigenvalue weighted by Gasteiger charge is -2.08. The predicted molar refractivity (Wildman–Crippen MR) is 94.1 cm³/mol. The van der Waals surface area contributed by atoms with Crippen LogP contribution < -0.4 is 10.2 Å². The first-order valence-electron chi connectivity index (χ1n) is 6.43. The molecular formula is C15H14BrClN2O2S. The van der Waals surface area contributed by atoms with E-state index in [-0.39, 0.29) is 12.5 Å². The van der Waals surface area contributed by atoms with Crippen LogP contribution in [0.25, 0.3) is 0 Å². The number of hydrazone groups is 1. The van der Waals surface area contributed by atoms with E-state index in [1.807, 2.05) is 26.0 Å². The maximum atomic E-state index is 11.8. The van der Waals surface area contributed by atoms with Crippen molar-refractivity contribution in [1.82, 2.24) is 5.43 Å². The summed E-state index contributed by atoms with van der Waals surface area (Å²) in [6.07, 6.45) is 0. The van der Waals surface area contributed by atoms with Gasteiger partial charge in [-0.05, 0) is 65.7 Å². The van der Waals surface area contributed by atoms with Gasteiger partial charge >= 0.3 is 0 Å². The average Bonchev–Trinajstić information content (AvgIpc) is 2.90. The molecule has 0 unspecified atom stereocenters. The van der Waals surface area contributed by atoms with Gasteiger partial charge in [-0.25, -0.2) is 5.43 Å². The van der Waals surface area contributed by atoms with Crippen LogP contribution in [0.5, 0.6) is 5.75 Å². The number of nitrogens with one attached hydrogen (secondary N) is 1. The number of nitrogens with zero attached hydrogens (tertiary/aromatic N) is 1. The van der Waals surface area contributed by atoms with Gasteiger partial charge in [-0.1, -0.05) is 11.6 Å². The zero-order valence-corrected chi connectivity index (χ0v) is 15.2. The number of benzene rings is 1. The third-order valence-corrected chi connectivity index (χ3v) is 4.74. The molecule has 4 nitrogen and oxygen atoms in total. The second-order valence-electron chi connectivity index (χ2n) is 4.53. The molecule has 0 spiro atoms. The van der Waals surface area contributed by atoms with Gasteiger partial charge in [0.25, 0.3) is 5.91 Å². The Morgan fingerprint density at radius 1 is 1.41 bits per heavy atom. The fourth-order valence-corrected chi connectivity index (χ4v) is 3.22. The van der Waals surface area contributed by atoms with Crippen LogP contribution in [0.2, 0.25) is 5.02 Å². The average molecular weight is 402 g/mol. The van der Waals surface area contributed by atoms with Crippen molar-refractivity contribution in [3.8, 4) is 5.75 Å². The Hall–Kier alpha value is -1.37. The van der Waals surface area contributed by atoms with Gasteiger partial charge in [0, 0.05) is 5.02 Å². The summed E-state index contributed by atoms with van der Waals surface area (Å²) in [6.45, 7) is 3.60. The molecule has 22 heavy (non-hydrogen) atoms. The highest BCUT2D eigenvalue weighted by Gasteiger charge is 2.06. The topological polar surface area (TPSA) is 50.7 Å². The minimum atomic E-state index is -0.315. The Kier molecular flexibility index (Phi) is 5.99. The maximum Gasteiger partial charge on any atom is 0.277 e. The third-order valence-electron chi connectivity index (χ3n) is 2.77. The summed E-state index contributed by atoms with van der Waals surface area (Å²) in [5.74, 6) is 0.312. The van der Waals surface area contributed by atoms with E-state index in [2.05, 4.69) is 26.5 Å². The van der Waals surface area contributed by atoms with Crippen molar-refractivity contribution in [2.75, 3.05) is 6.61 Å². The molecule has 2 aromatic rings. The Balaban J connectivity index is 1.88. The fraction of sp³-hybridized carbons (Fsp3) is 0.200. The number of halogens is 2. The van der Waals surface area contributed by atoms with Crippen LogP contribution >= 0.6 is 38.9 Å². The molecule has 1 aromatic heterocycles. The van der Waals surface area contributed by atoms with Crippen LogP contribution in [0.4, 0.5) is 0 Å². The molecule has 0 aliphatic rings. The highest BCUT2D eigenvalue weighted by molar-refractivity contribution is 9.11. The van der Waals surface area contributed by atoms with Gasteiger partial charge in [-0.3, -0.25) is 4.79 Å². The summed E-state index contributed by atoms with van der Waals surface area (Å²) < 4.78 is 6.47. The largest absolute Gasteiger partial charge is 0.483 e. The number of amides is 1. The third kappa shape index (κ3) is 4.83. The van der Waals surface area contributed by atoms with Crippen molar-refractivity contribution in [3.63, 3.8) is 0 Å². The zero-order chi connectivity index (χ0) is 16.1. The molecule has 0 saturated carbocycles. The molecule has 1 N–H and O–H groups in total. The van der Waals surface area contributed by atoms with Crippen molar-refractivity contribution in [3.05, 3.63) is 49.6 Å². The molecule has 0 atom stereocenters. The Labute approximate surface area is 146 Å². The van der Waals surface area contributed by atoms with Gasteiger partial charge in [0.05, 0.1) is 14.4 Å². The van der Waals surface area contributed by atoms with Gasteiger partial charge in [0.15, 0.2) is 6.61 Å². The van der Waals surface area contributed by atoms with Crippen LogP contribution in [-0.4, -0.2) is 18.2 Å². The highest BCUT2D eigenvalue weighted by atomic mass is 79.9. The monoisotopic (exact) mass is 400 g/mol. The molecule has 1 aromatic carbocycles. The molecule has 1 amide bonds. The van der Waals surface area contributed by atoms with E-state index in [0.717, 1.165) is 19.9 Å². The summed E-state index contributed by atoms with van der Waals surface area (Å²) in [4.78, 5) is 12.7. The number of thiophene rings is 1. The zero-order valence-electron chi connectivity index (χ0n) is 12.0. The Morgan fingerprint density at radius 2 is 2.18 bits per heavy atom. The van der Waals surface area contributed by atoms with Gasteiger partial charge in [-0.2, -0.15) is 5.10 Å². The van der Waals surface area contributed by atoms with Gasteiger partial charge in [0.2, 0.25) is 0 Å². The predicted octanol–water partition coefficient (Wildman–Crippen LogP) is 4.39. The van der Waals surface area contributed by atoms with E-state index in [1.165, 1.54) is 0 Å². The van der Waals surface area contributed by atoms with E-state index < -0.39 is 0 Å². The quantitative estimate of drug-likeness (QED) is 0.596. The number of ether oxygens (including phenoxy) is 1. The summed E-state index contributed by atoms with van der Waals surface area (Å²) >= 11 is 10.8. The van der Waals surface area contributed by atoms with Crippen LogP contribution in [-0.2, 0) is 4.79 Å². The minimum Gasteiger partial charge on any atom is -0.483 e. The number of carbonyl (C=O) groups excluding carboxylic acids is 1. The number of rotatable bonds is 5. The summed E-state index contributed by atoms with van der Waals surface area (Å²) in [6, 6.07) is 9.12. The minimum absolute atomic E-state index is 0.104. The molecule has 0 saturated heterocycles. The standard InChI is InChI=1S/C15H14BrClN2O2S/c1-9-7-11(17)3-4-12(9)21-8-15(20)19-18-10(2)13-5-6-14(16)22-13/h3-7H,8H2,1-2H3,(H,19,20). The molecule has 7 heteroatoms. The maximum absolute atomic E-state index is 11.8. The smallest absolute Gasteiger partial charge is 0.277 e. The first-order chi connectivity index (χ1) is 10.5. The number of hydrogen-bond acceptors (Lipinski definition) is 4. The second kappa shape index (κ2) is 7.76. The molecule has 1 heterocycles. The molecule has 0 fully saturated rings. The van der Waals surface area contributed by atoms with E-state index >= 15 is 0 Å². The Bertz CT molecular complexity index is 715.